The SMILES string of the molecule is Cc1cc(OCc2ccc(C(=O)N(C)Cc3ccnn3C)cc2)cc(C)c1Cl. The normalized spacial score (nSPS) is 10.8. The van der Waals surface area contributed by atoms with Gasteiger partial charge in [-0.2, -0.15) is 5.10 Å². The minimum absolute atomic E-state index is 0.0300. The van der Waals surface area contributed by atoms with Crippen molar-refractivity contribution >= 4 is 17.5 Å². The van der Waals surface area contributed by atoms with Crippen LogP contribution in [0.2, 0.25) is 5.02 Å². The van der Waals surface area contributed by atoms with E-state index in [2.05, 4.69) is 5.10 Å². The molecule has 146 valence electrons. The molecule has 0 saturated heterocycles. The number of amides is 1. The van der Waals surface area contributed by atoms with Crippen molar-refractivity contribution in [3.63, 3.8) is 0 Å². The average molecular weight is 398 g/mol. The number of ether oxygens (including phenoxy) is 1. The maximum atomic E-state index is 12.6. The van der Waals surface area contributed by atoms with Crippen molar-refractivity contribution in [1.82, 2.24) is 14.7 Å². The van der Waals surface area contributed by atoms with Crippen LogP contribution in [0.4, 0.5) is 0 Å². The van der Waals surface area contributed by atoms with Crippen molar-refractivity contribution in [1.29, 1.82) is 0 Å². The van der Waals surface area contributed by atoms with E-state index in [0.717, 1.165) is 33.2 Å². The molecular weight excluding hydrogens is 374 g/mol. The maximum Gasteiger partial charge on any atom is 0.253 e. The van der Waals surface area contributed by atoms with Crippen LogP contribution in [0.15, 0.2) is 48.7 Å². The number of rotatable bonds is 6. The Morgan fingerprint density at radius 3 is 2.36 bits per heavy atom. The van der Waals surface area contributed by atoms with Crippen LogP contribution in [-0.2, 0) is 20.2 Å². The van der Waals surface area contributed by atoms with Gasteiger partial charge in [0.15, 0.2) is 0 Å². The molecule has 3 aromatic rings. The molecule has 1 heterocycles. The van der Waals surface area contributed by atoms with Crippen molar-refractivity contribution < 1.29 is 9.53 Å². The smallest absolute Gasteiger partial charge is 0.253 e. The fourth-order valence-corrected chi connectivity index (χ4v) is 3.10. The highest BCUT2D eigenvalue weighted by molar-refractivity contribution is 6.32. The number of aromatic nitrogens is 2. The predicted octanol–water partition coefficient (Wildman–Crippen LogP) is 4.54. The van der Waals surface area contributed by atoms with Crippen LogP contribution in [0, 0.1) is 13.8 Å². The van der Waals surface area contributed by atoms with Crippen LogP contribution < -0.4 is 4.74 Å². The van der Waals surface area contributed by atoms with Crippen LogP contribution in [-0.4, -0.2) is 27.6 Å². The molecule has 0 fully saturated rings. The second kappa shape index (κ2) is 8.48. The monoisotopic (exact) mass is 397 g/mol. The molecular formula is C22H24ClN3O2. The minimum atomic E-state index is -0.0300. The molecule has 0 spiro atoms. The van der Waals surface area contributed by atoms with Crippen LogP contribution in [0.25, 0.3) is 0 Å². The first-order valence-electron chi connectivity index (χ1n) is 9.06. The first kappa shape index (κ1) is 20.0. The molecule has 0 aliphatic rings. The van der Waals surface area contributed by atoms with Gasteiger partial charge in [-0.25, -0.2) is 0 Å². The maximum absolute atomic E-state index is 12.6. The topological polar surface area (TPSA) is 47.4 Å². The van der Waals surface area contributed by atoms with Gasteiger partial charge in [-0.1, -0.05) is 23.7 Å². The standard InChI is InChI=1S/C22H24ClN3O2/c1-15-11-20(12-16(2)21(15)23)28-14-17-5-7-18(8-6-17)22(27)25(3)13-19-9-10-24-26(19)4/h5-12H,13-14H2,1-4H3. The Bertz CT molecular complexity index is 957. The Morgan fingerprint density at radius 1 is 1.14 bits per heavy atom. The molecule has 0 bridgehead atoms. The molecule has 0 radical (unpaired) electrons. The summed E-state index contributed by atoms with van der Waals surface area (Å²) in [4.78, 5) is 14.3. The summed E-state index contributed by atoms with van der Waals surface area (Å²) in [6.07, 6.45) is 1.73. The summed E-state index contributed by atoms with van der Waals surface area (Å²) in [5.41, 5.74) is 4.61. The molecule has 28 heavy (non-hydrogen) atoms. The van der Waals surface area contributed by atoms with Gasteiger partial charge < -0.3 is 9.64 Å². The van der Waals surface area contributed by atoms with Crippen molar-refractivity contribution in [2.24, 2.45) is 7.05 Å². The summed E-state index contributed by atoms with van der Waals surface area (Å²) < 4.78 is 7.64. The zero-order valence-corrected chi connectivity index (χ0v) is 17.3. The summed E-state index contributed by atoms with van der Waals surface area (Å²) in [5.74, 6) is 0.757. The first-order valence-corrected chi connectivity index (χ1v) is 9.44. The Kier molecular flexibility index (Phi) is 6.05. The lowest BCUT2D eigenvalue weighted by molar-refractivity contribution is 0.0782. The molecule has 6 heteroatoms. The van der Waals surface area contributed by atoms with E-state index < -0.39 is 0 Å². The lowest BCUT2D eigenvalue weighted by Crippen LogP contribution is -2.27. The number of benzene rings is 2. The van der Waals surface area contributed by atoms with Crippen LogP contribution in [0.5, 0.6) is 5.75 Å². The van der Waals surface area contributed by atoms with Gasteiger partial charge in [0, 0.05) is 30.9 Å². The molecule has 0 atom stereocenters. The number of carbonyl (C=O) groups is 1. The van der Waals surface area contributed by atoms with E-state index in [9.17, 15) is 4.79 Å². The summed E-state index contributed by atoms with van der Waals surface area (Å²) in [5, 5.41) is 4.90. The van der Waals surface area contributed by atoms with E-state index >= 15 is 0 Å². The van der Waals surface area contributed by atoms with Gasteiger partial charge in [-0.15, -0.1) is 0 Å². The van der Waals surface area contributed by atoms with Gasteiger partial charge >= 0.3 is 0 Å². The highest BCUT2D eigenvalue weighted by atomic mass is 35.5. The number of halogens is 1. The largest absolute Gasteiger partial charge is 0.489 e. The number of hydrogen-bond donors (Lipinski definition) is 0. The number of carbonyl (C=O) groups excluding carboxylic acids is 1. The van der Waals surface area contributed by atoms with Gasteiger partial charge in [0.05, 0.1) is 12.2 Å². The molecule has 1 amide bonds. The van der Waals surface area contributed by atoms with Crippen molar-refractivity contribution in [2.75, 3.05) is 7.05 Å². The summed E-state index contributed by atoms with van der Waals surface area (Å²) in [7, 11) is 3.66. The summed E-state index contributed by atoms with van der Waals surface area (Å²) >= 11 is 6.20. The van der Waals surface area contributed by atoms with Gasteiger partial charge in [0.25, 0.3) is 5.91 Å². The Morgan fingerprint density at radius 2 is 1.79 bits per heavy atom. The van der Waals surface area contributed by atoms with Crippen LogP contribution in [0.1, 0.15) is 32.7 Å². The molecule has 3 rings (SSSR count). The summed E-state index contributed by atoms with van der Waals surface area (Å²) in [6, 6.07) is 13.3. The third-order valence-corrected chi connectivity index (χ3v) is 5.28. The Balaban J connectivity index is 1.61. The first-order chi connectivity index (χ1) is 13.3. The highest BCUT2D eigenvalue weighted by Gasteiger charge is 2.13. The third kappa shape index (κ3) is 4.54. The minimum Gasteiger partial charge on any atom is -0.489 e. The highest BCUT2D eigenvalue weighted by Crippen LogP contribution is 2.26. The van der Waals surface area contributed by atoms with Gasteiger partial charge in [-0.05, 0) is 60.9 Å². The third-order valence-electron chi connectivity index (χ3n) is 4.68. The second-order valence-corrected chi connectivity index (χ2v) is 7.34. The average Bonchev–Trinajstić information content (AvgIpc) is 3.08. The lowest BCUT2D eigenvalue weighted by Gasteiger charge is -2.17. The van der Waals surface area contributed by atoms with Crippen molar-refractivity contribution in [3.05, 3.63) is 81.6 Å². The molecule has 0 saturated carbocycles. The number of hydrogen-bond acceptors (Lipinski definition) is 3. The molecule has 1 aromatic heterocycles. The van der Waals surface area contributed by atoms with E-state index in [1.807, 2.05) is 63.4 Å². The summed E-state index contributed by atoms with van der Waals surface area (Å²) in [6.45, 7) is 4.87. The zero-order chi connectivity index (χ0) is 20.3. The fraction of sp³-hybridized carbons (Fsp3) is 0.273. The van der Waals surface area contributed by atoms with Crippen LogP contribution in [0.3, 0.4) is 0 Å². The molecule has 0 N–H and O–H groups in total. The van der Waals surface area contributed by atoms with Crippen molar-refractivity contribution in [3.8, 4) is 5.75 Å². The van der Waals surface area contributed by atoms with Crippen LogP contribution >= 0.6 is 11.6 Å². The van der Waals surface area contributed by atoms with E-state index in [1.165, 1.54) is 0 Å². The van der Waals surface area contributed by atoms with E-state index in [0.29, 0.717) is 18.7 Å². The van der Waals surface area contributed by atoms with Crippen molar-refractivity contribution in [2.45, 2.75) is 27.0 Å². The fourth-order valence-electron chi connectivity index (χ4n) is 2.99. The molecule has 2 aromatic carbocycles. The lowest BCUT2D eigenvalue weighted by atomic mass is 10.1. The molecule has 0 aliphatic heterocycles. The quantitative estimate of drug-likeness (QED) is 0.613. The zero-order valence-electron chi connectivity index (χ0n) is 16.6. The van der Waals surface area contributed by atoms with Gasteiger partial charge in [0.1, 0.15) is 12.4 Å². The van der Waals surface area contributed by atoms with Gasteiger partial charge in [0.2, 0.25) is 0 Å². The Hall–Kier alpha value is -2.79. The predicted molar refractivity (Wildman–Crippen MR) is 111 cm³/mol. The van der Waals surface area contributed by atoms with E-state index in [4.69, 9.17) is 16.3 Å². The molecule has 0 aliphatic carbocycles. The second-order valence-electron chi connectivity index (χ2n) is 6.96. The number of nitrogens with zero attached hydrogens (tertiary/aromatic N) is 3. The van der Waals surface area contributed by atoms with E-state index in [1.54, 1.807) is 22.8 Å². The Labute approximate surface area is 170 Å². The number of aryl methyl sites for hydroxylation is 3. The molecule has 5 nitrogen and oxygen atoms in total. The molecule has 0 unspecified atom stereocenters. The van der Waals surface area contributed by atoms with Gasteiger partial charge in [-0.3, -0.25) is 9.48 Å². The van der Waals surface area contributed by atoms with E-state index in [-0.39, 0.29) is 5.91 Å².